The number of para-hydroxylation sites is 1. The molecule has 106 valence electrons. The number of nitrogens with one attached hydrogen (secondary N) is 1. The predicted octanol–water partition coefficient (Wildman–Crippen LogP) is 3.60. The Kier molecular flexibility index (Phi) is 4.34. The zero-order valence-electron chi connectivity index (χ0n) is 11.0. The van der Waals surface area contributed by atoms with Crippen molar-refractivity contribution in [3.05, 3.63) is 29.8 Å². The van der Waals surface area contributed by atoms with Crippen LogP contribution in [0.2, 0.25) is 0 Å². The van der Waals surface area contributed by atoms with Gasteiger partial charge in [-0.15, -0.1) is 0 Å². The second-order valence-electron chi connectivity index (χ2n) is 5.05. The molecular weight excluding hydrogens is 253 g/mol. The van der Waals surface area contributed by atoms with Crippen molar-refractivity contribution in [2.75, 3.05) is 25.5 Å². The van der Waals surface area contributed by atoms with Crippen LogP contribution in [0.4, 0.5) is 18.9 Å². The number of likely N-dealkylation sites (N-methyl/N-ethyl adjacent to an activating group) is 1. The first-order chi connectivity index (χ1) is 8.98. The summed E-state index contributed by atoms with van der Waals surface area (Å²) < 4.78 is 38.5. The molecule has 1 N–H and O–H groups in total. The number of anilines is 1. The van der Waals surface area contributed by atoms with Gasteiger partial charge in [0.05, 0.1) is 5.56 Å². The molecule has 1 atom stereocenters. The minimum Gasteiger partial charge on any atom is -0.383 e. The minimum atomic E-state index is -4.30. The lowest BCUT2D eigenvalue weighted by Gasteiger charge is -2.33. The first-order valence-corrected chi connectivity index (χ1v) is 6.59. The molecule has 0 spiro atoms. The average Bonchev–Trinajstić information content (AvgIpc) is 2.37. The number of nitrogens with zero attached hydrogens (tertiary/aromatic N) is 1. The lowest BCUT2D eigenvalue weighted by molar-refractivity contribution is -0.137. The van der Waals surface area contributed by atoms with Crippen molar-refractivity contribution in [3.8, 4) is 0 Å². The molecule has 1 aromatic rings. The molecule has 2 nitrogen and oxygen atoms in total. The van der Waals surface area contributed by atoms with E-state index in [1.165, 1.54) is 18.6 Å². The van der Waals surface area contributed by atoms with Crippen molar-refractivity contribution in [1.82, 2.24) is 4.90 Å². The Morgan fingerprint density at radius 3 is 2.68 bits per heavy atom. The molecule has 0 bridgehead atoms. The topological polar surface area (TPSA) is 15.3 Å². The summed E-state index contributed by atoms with van der Waals surface area (Å²) in [5.41, 5.74) is -0.414. The van der Waals surface area contributed by atoms with Crippen LogP contribution in [0, 0.1) is 0 Å². The second kappa shape index (κ2) is 5.82. The third-order valence-corrected chi connectivity index (χ3v) is 3.68. The molecule has 0 aliphatic carbocycles. The summed E-state index contributed by atoms with van der Waals surface area (Å²) in [5, 5.41) is 2.96. The molecule has 0 saturated carbocycles. The standard InChI is InChI=1S/C14H19F3N2/c1-19-9-5-4-6-11(19)10-18-13-8-3-2-7-12(13)14(15,16)17/h2-3,7-8,11,18H,4-6,9-10H2,1H3. The summed E-state index contributed by atoms with van der Waals surface area (Å²) in [4.78, 5) is 2.21. The first-order valence-electron chi connectivity index (χ1n) is 6.59. The Hall–Kier alpha value is -1.23. The van der Waals surface area contributed by atoms with Crippen molar-refractivity contribution < 1.29 is 13.2 Å². The molecule has 1 aliphatic heterocycles. The molecule has 5 heteroatoms. The van der Waals surface area contributed by atoms with Crippen LogP contribution in [-0.4, -0.2) is 31.1 Å². The first kappa shape index (κ1) is 14.2. The maximum Gasteiger partial charge on any atom is 0.418 e. The van der Waals surface area contributed by atoms with Gasteiger partial charge in [-0.25, -0.2) is 0 Å². The van der Waals surface area contributed by atoms with Gasteiger partial charge in [-0.1, -0.05) is 18.6 Å². The van der Waals surface area contributed by atoms with E-state index in [4.69, 9.17) is 0 Å². The molecule has 1 heterocycles. The number of halogens is 3. The van der Waals surface area contributed by atoms with E-state index in [1.807, 2.05) is 7.05 Å². The average molecular weight is 272 g/mol. The van der Waals surface area contributed by atoms with Crippen LogP contribution in [0.5, 0.6) is 0 Å². The van der Waals surface area contributed by atoms with Crippen LogP contribution in [0.15, 0.2) is 24.3 Å². The van der Waals surface area contributed by atoms with Crippen molar-refractivity contribution >= 4 is 5.69 Å². The van der Waals surface area contributed by atoms with Gasteiger partial charge in [0.2, 0.25) is 0 Å². The van der Waals surface area contributed by atoms with Crippen LogP contribution in [-0.2, 0) is 6.18 Å². The highest BCUT2D eigenvalue weighted by atomic mass is 19.4. The van der Waals surface area contributed by atoms with E-state index in [1.54, 1.807) is 6.07 Å². The highest BCUT2D eigenvalue weighted by molar-refractivity contribution is 5.52. The Labute approximate surface area is 111 Å². The van der Waals surface area contributed by atoms with Gasteiger partial charge in [0, 0.05) is 18.3 Å². The van der Waals surface area contributed by atoms with Gasteiger partial charge >= 0.3 is 6.18 Å². The summed E-state index contributed by atoms with van der Waals surface area (Å²) in [5.74, 6) is 0. The van der Waals surface area contributed by atoms with Crippen molar-refractivity contribution in [3.63, 3.8) is 0 Å². The lowest BCUT2D eigenvalue weighted by atomic mass is 10.0. The summed E-state index contributed by atoms with van der Waals surface area (Å²) in [6.45, 7) is 1.58. The van der Waals surface area contributed by atoms with Gasteiger partial charge in [-0.3, -0.25) is 0 Å². The third kappa shape index (κ3) is 3.62. The molecule has 0 amide bonds. The van der Waals surface area contributed by atoms with Crippen molar-refractivity contribution in [1.29, 1.82) is 0 Å². The number of benzene rings is 1. The SMILES string of the molecule is CN1CCCCC1CNc1ccccc1C(F)(F)F. The molecule has 1 unspecified atom stereocenters. The van der Waals surface area contributed by atoms with E-state index >= 15 is 0 Å². The third-order valence-electron chi connectivity index (χ3n) is 3.68. The van der Waals surface area contributed by atoms with E-state index in [0.717, 1.165) is 25.5 Å². The fourth-order valence-electron chi connectivity index (χ4n) is 2.51. The number of piperidine rings is 1. The lowest BCUT2D eigenvalue weighted by Crippen LogP contribution is -2.40. The van der Waals surface area contributed by atoms with Gasteiger partial charge < -0.3 is 10.2 Å². The fourth-order valence-corrected chi connectivity index (χ4v) is 2.51. The van der Waals surface area contributed by atoms with Crippen LogP contribution in [0.25, 0.3) is 0 Å². The number of likely N-dealkylation sites (tertiary alicyclic amines) is 1. The van der Waals surface area contributed by atoms with Crippen LogP contribution >= 0.6 is 0 Å². The van der Waals surface area contributed by atoms with Gasteiger partial charge in [-0.2, -0.15) is 13.2 Å². The Balaban J connectivity index is 2.03. The maximum absolute atomic E-state index is 12.8. The zero-order chi connectivity index (χ0) is 13.9. The smallest absolute Gasteiger partial charge is 0.383 e. The highest BCUT2D eigenvalue weighted by Gasteiger charge is 2.33. The Morgan fingerprint density at radius 1 is 1.26 bits per heavy atom. The van der Waals surface area contributed by atoms with Gasteiger partial charge in [0.25, 0.3) is 0 Å². The molecule has 1 aromatic carbocycles. The molecule has 1 fully saturated rings. The molecule has 2 rings (SSSR count). The number of rotatable bonds is 3. The zero-order valence-corrected chi connectivity index (χ0v) is 11.0. The van der Waals surface area contributed by atoms with E-state index in [9.17, 15) is 13.2 Å². The van der Waals surface area contributed by atoms with E-state index < -0.39 is 11.7 Å². The Morgan fingerprint density at radius 2 is 2.00 bits per heavy atom. The molecule has 1 aliphatic rings. The van der Waals surface area contributed by atoms with E-state index in [0.29, 0.717) is 12.6 Å². The molecular formula is C14H19F3N2. The van der Waals surface area contributed by atoms with Crippen LogP contribution in [0.3, 0.4) is 0 Å². The second-order valence-corrected chi connectivity index (χ2v) is 5.05. The largest absolute Gasteiger partial charge is 0.418 e. The molecule has 0 aromatic heterocycles. The highest BCUT2D eigenvalue weighted by Crippen LogP contribution is 2.34. The van der Waals surface area contributed by atoms with Gasteiger partial charge in [0.15, 0.2) is 0 Å². The quantitative estimate of drug-likeness (QED) is 0.904. The molecule has 19 heavy (non-hydrogen) atoms. The van der Waals surface area contributed by atoms with Crippen molar-refractivity contribution in [2.45, 2.75) is 31.5 Å². The summed E-state index contributed by atoms with van der Waals surface area (Å²) in [7, 11) is 2.03. The maximum atomic E-state index is 12.8. The Bertz CT molecular complexity index is 417. The minimum absolute atomic E-state index is 0.175. The van der Waals surface area contributed by atoms with E-state index in [2.05, 4.69) is 10.2 Å². The molecule has 1 saturated heterocycles. The number of hydrogen-bond donors (Lipinski definition) is 1. The van der Waals surface area contributed by atoms with Crippen LogP contribution < -0.4 is 5.32 Å². The van der Waals surface area contributed by atoms with E-state index in [-0.39, 0.29) is 5.69 Å². The summed E-state index contributed by atoms with van der Waals surface area (Å²) in [6.07, 6.45) is -0.941. The van der Waals surface area contributed by atoms with Crippen molar-refractivity contribution in [2.24, 2.45) is 0 Å². The predicted molar refractivity (Wildman–Crippen MR) is 70.2 cm³/mol. The van der Waals surface area contributed by atoms with Crippen LogP contribution in [0.1, 0.15) is 24.8 Å². The summed E-state index contributed by atoms with van der Waals surface area (Å²) >= 11 is 0. The normalized spacial score (nSPS) is 21.4. The molecule has 0 radical (unpaired) electrons. The monoisotopic (exact) mass is 272 g/mol. The fraction of sp³-hybridized carbons (Fsp3) is 0.571. The number of alkyl halides is 3. The van der Waals surface area contributed by atoms with Gasteiger partial charge in [-0.05, 0) is 38.6 Å². The van der Waals surface area contributed by atoms with Gasteiger partial charge in [0.1, 0.15) is 0 Å². The number of hydrogen-bond acceptors (Lipinski definition) is 2. The summed E-state index contributed by atoms with van der Waals surface area (Å²) in [6, 6.07) is 5.97.